The van der Waals surface area contributed by atoms with Gasteiger partial charge in [-0.3, -0.25) is 4.79 Å². The molecule has 6 nitrogen and oxygen atoms in total. The van der Waals surface area contributed by atoms with Crippen LogP contribution in [0.5, 0.6) is 0 Å². The molecular formula is C15H32N2O4. The maximum atomic E-state index is 11.2. The Labute approximate surface area is 128 Å². The van der Waals surface area contributed by atoms with E-state index in [0.29, 0.717) is 52.5 Å². The third-order valence-corrected chi connectivity index (χ3v) is 2.71. The molecule has 0 aliphatic heterocycles. The fourth-order valence-electron chi connectivity index (χ4n) is 1.55. The van der Waals surface area contributed by atoms with Gasteiger partial charge in [0.2, 0.25) is 5.91 Å². The SMILES string of the molecule is CCCCOCCOCCOCCNCCC(=O)NCC. The second kappa shape index (κ2) is 17.4. The van der Waals surface area contributed by atoms with Gasteiger partial charge in [0.1, 0.15) is 0 Å². The lowest BCUT2D eigenvalue weighted by atomic mass is 10.4. The maximum absolute atomic E-state index is 11.2. The van der Waals surface area contributed by atoms with Gasteiger partial charge in [-0.2, -0.15) is 0 Å². The highest BCUT2D eigenvalue weighted by Crippen LogP contribution is 1.88. The molecule has 0 atom stereocenters. The zero-order valence-corrected chi connectivity index (χ0v) is 13.6. The van der Waals surface area contributed by atoms with Crippen molar-refractivity contribution >= 4 is 5.91 Å². The van der Waals surface area contributed by atoms with Crippen LogP contribution in [-0.4, -0.2) is 65.2 Å². The Bertz CT molecular complexity index is 228. The molecular weight excluding hydrogens is 272 g/mol. The van der Waals surface area contributed by atoms with Gasteiger partial charge < -0.3 is 24.8 Å². The van der Waals surface area contributed by atoms with Crippen LogP contribution in [-0.2, 0) is 19.0 Å². The van der Waals surface area contributed by atoms with Crippen LogP contribution in [0, 0.1) is 0 Å². The van der Waals surface area contributed by atoms with Crippen LogP contribution in [0.4, 0.5) is 0 Å². The second-order valence-corrected chi connectivity index (χ2v) is 4.64. The van der Waals surface area contributed by atoms with E-state index >= 15 is 0 Å². The van der Waals surface area contributed by atoms with Gasteiger partial charge >= 0.3 is 0 Å². The quantitative estimate of drug-likeness (QED) is 0.416. The number of carbonyl (C=O) groups is 1. The fraction of sp³-hybridized carbons (Fsp3) is 0.933. The molecule has 0 rings (SSSR count). The summed E-state index contributed by atoms with van der Waals surface area (Å²) in [6, 6.07) is 0. The molecule has 0 fully saturated rings. The van der Waals surface area contributed by atoms with Crippen LogP contribution in [0.15, 0.2) is 0 Å². The van der Waals surface area contributed by atoms with Gasteiger partial charge in [0.05, 0.1) is 33.0 Å². The Morgan fingerprint density at radius 1 is 0.857 bits per heavy atom. The van der Waals surface area contributed by atoms with Crippen molar-refractivity contribution in [3.05, 3.63) is 0 Å². The molecule has 0 saturated carbocycles. The molecule has 6 heteroatoms. The summed E-state index contributed by atoms with van der Waals surface area (Å²) in [4.78, 5) is 11.2. The molecule has 0 aromatic rings. The average Bonchev–Trinajstić information content (AvgIpc) is 2.48. The molecule has 21 heavy (non-hydrogen) atoms. The smallest absolute Gasteiger partial charge is 0.221 e. The molecule has 0 aromatic heterocycles. The molecule has 0 heterocycles. The van der Waals surface area contributed by atoms with E-state index in [-0.39, 0.29) is 5.91 Å². The first-order chi connectivity index (χ1) is 10.3. The normalized spacial score (nSPS) is 10.8. The van der Waals surface area contributed by atoms with E-state index in [0.717, 1.165) is 26.0 Å². The van der Waals surface area contributed by atoms with E-state index in [2.05, 4.69) is 17.6 Å². The Hall–Kier alpha value is -0.690. The second-order valence-electron chi connectivity index (χ2n) is 4.64. The zero-order valence-electron chi connectivity index (χ0n) is 13.6. The van der Waals surface area contributed by atoms with E-state index in [9.17, 15) is 4.79 Å². The fourth-order valence-corrected chi connectivity index (χ4v) is 1.55. The van der Waals surface area contributed by atoms with Crippen LogP contribution in [0.1, 0.15) is 33.1 Å². The number of nitrogens with one attached hydrogen (secondary N) is 2. The largest absolute Gasteiger partial charge is 0.379 e. The predicted molar refractivity (Wildman–Crippen MR) is 83.5 cm³/mol. The molecule has 2 N–H and O–H groups in total. The third kappa shape index (κ3) is 17.3. The van der Waals surface area contributed by atoms with Crippen LogP contribution in [0.3, 0.4) is 0 Å². The molecule has 0 aliphatic rings. The van der Waals surface area contributed by atoms with E-state index in [1.54, 1.807) is 0 Å². The predicted octanol–water partition coefficient (Wildman–Crippen LogP) is 0.952. The first kappa shape index (κ1) is 20.3. The highest BCUT2D eigenvalue weighted by molar-refractivity contribution is 5.75. The number of hydrogen-bond acceptors (Lipinski definition) is 5. The standard InChI is InChI=1S/C15H32N2O4/c1-3-5-9-19-11-13-21-14-12-20-10-8-16-7-6-15(18)17-4-2/h16H,3-14H2,1-2H3,(H,17,18). The summed E-state index contributed by atoms with van der Waals surface area (Å²) in [5.41, 5.74) is 0. The first-order valence-corrected chi connectivity index (χ1v) is 8.01. The summed E-state index contributed by atoms with van der Waals surface area (Å²) < 4.78 is 16.2. The monoisotopic (exact) mass is 304 g/mol. The number of unbranched alkanes of at least 4 members (excludes halogenated alkanes) is 1. The van der Waals surface area contributed by atoms with Crippen molar-refractivity contribution < 1.29 is 19.0 Å². The molecule has 0 radical (unpaired) electrons. The van der Waals surface area contributed by atoms with E-state index < -0.39 is 0 Å². The topological polar surface area (TPSA) is 68.8 Å². The number of carbonyl (C=O) groups excluding carboxylic acids is 1. The van der Waals surface area contributed by atoms with Gasteiger partial charge in [0.25, 0.3) is 0 Å². The number of rotatable bonds is 16. The third-order valence-electron chi connectivity index (χ3n) is 2.71. The zero-order chi connectivity index (χ0) is 15.6. The molecule has 0 saturated heterocycles. The summed E-state index contributed by atoms with van der Waals surface area (Å²) >= 11 is 0. The number of amides is 1. The van der Waals surface area contributed by atoms with Crippen LogP contribution in [0.2, 0.25) is 0 Å². The van der Waals surface area contributed by atoms with Crippen LogP contribution < -0.4 is 10.6 Å². The van der Waals surface area contributed by atoms with Crippen molar-refractivity contribution in [3.63, 3.8) is 0 Å². The van der Waals surface area contributed by atoms with Gasteiger partial charge in [-0.05, 0) is 13.3 Å². The van der Waals surface area contributed by atoms with Gasteiger partial charge in [-0.15, -0.1) is 0 Å². The Kier molecular flexibility index (Phi) is 16.8. The average molecular weight is 304 g/mol. The van der Waals surface area contributed by atoms with E-state index in [1.807, 2.05) is 6.92 Å². The molecule has 1 amide bonds. The van der Waals surface area contributed by atoms with Crippen molar-refractivity contribution in [1.29, 1.82) is 0 Å². The summed E-state index contributed by atoms with van der Waals surface area (Å²) in [5.74, 6) is 0.0838. The molecule has 0 unspecified atom stereocenters. The first-order valence-electron chi connectivity index (χ1n) is 8.01. The van der Waals surface area contributed by atoms with E-state index in [4.69, 9.17) is 14.2 Å². The van der Waals surface area contributed by atoms with Crippen molar-refractivity contribution in [2.24, 2.45) is 0 Å². The van der Waals surface area contributed by atoms with Gasteiger partial charge in [0, 0.05) is 32.7 Å². The Morgan fingerprint density at radius 2 is 1.48 bits per heavy atom. The van der Waals surface area contributed by atoms with E-state index in [1.165, 1.54) is 0 Å². The van der Waals surface area contributed by atoms with Crippen molar-refractivity contribution in [3.8, 4) is 0 Å². The summed E-state index contributed by atoms with van der Waals surface area (Å²) in [5, 5.41) is 5.91. The van der Waals surface area contributed by atoms with Crippen LogP contribution in [0.25, 0.3) is 0 Å². The highest BCUT2D eigenvalue weighted by Gasteiger charge is 1.97. The molecule has 0 aliphatic carbocycles. The highest BCUT2D eigenvalue weighted by atomic mass is 16.5. The van der Waals surface area contributed by atoms with Crippen molar-refractivity contribution in [2.45, 2.75) is 33.1 Å². The molecule has 126 valence electrons. The minimum atomic E-state index is 0.0838. The van der Waals surface area contributed by atoms with Gasteiger partial charge in [-0.25, -0.2) is 0 Å². The summed E-state index contributed by atoms with van der Waals surface area (Å²) in [6.07, 6.45) is 2.78. The molecule has 0 aromatic carbocycles. The van der Waals surface area contributed by atoms with Gasteiger partial charge in [-0.1, -0.05) is 13.3 Å². The van der Waals surface area contributed by atoms with Crippen molar-refractivity contribution in [2.75, 3.05) is 59.3 Å². The Morgan fingerprint density at radius 3 is 2.10 bits per heavy atom. The van der Waals surface area contributed by atoms with Gasteiger partial charge in [0.15, 0.2) is 0 Å². The summed E-state index contributed by atoms with van der Waals surface area (Å²) in [7, 11) is 0. The van der Waals surface area contributed by atoms with Crippen molar-refractivity contribution in [1.82, 2.24) is 10.6 Å². The molecule has 0 bridgehead atoms. The lowest BCUT2D eigenvalue weighted by Crippen LogP contribution is -2.29. The summed E-state index contributed by atoms with van der Waals surface area (Å²) in [6.45, 7) is 10.1. The minimum Gasteiger partial charge on any atom is -0.379 e. The maximum Gasteiger partial charge on any atom is 0.221 e. The van der Waals surface area contributed by atoms with Crippen LogP contribution >= 0.6 is 0 Å². The lowest BCUT2D eigenvalue weighted by molar-refractivity contribution is -0.120. The number of ether oxygens (including phenoxy) is 3. The number of hydrogen-bond donors (Lipinski definition) is 2. The lowest BCUT2D eigenvalue weighted by Gasteiger charge is -2.07. The molecule has 0 spiro atoms. The minimum absolute atomic E-state index is 0.0838. The Balaban J connectivity index is 3.01.